The lowest BCUT2D eigenvalue weighted by molar-refractivity contribution is 0.708. The molecule has 10 heteroatoms. The first-order valence-corrected chi connectivity index (χ1v) is 8.02. The van der Waals surface area contributed by atoms with Crippen molar-refractivity contribution in [2.45, 2.75) is 0 Å². The van der Waals surface area contributed by atoms with Gasteiger partial charge in [0.2, 0.25) is 5.95 Å². The Morgan fingerprint density at radius 1 is 1.12 bits per heavy atom. The highest BCUT2D eigenvalue weighted by molar-refractivity contribution is 6.30. The zero-order valence-electron chi connectivity index (χ0n) is 13.9. The van der Waals surface area contributed by atoms with Crippen LogP contribution in [0.5, 0.6) is 0 Å². The maximum Gasteiger partial charge on any atom is 0.332 e. The molecule has 0 fully saturated rings. The number of hydrogen-bond acceptors (Lipinski definition) is 5. The second kappa shape index (κ2) is 5.60. The smallest absolute Gasteiger partial charge is 0.332 e. The molecule has 0 saturated heterocycles. The molecule has 132 valence electrons. The van der Waals surface area contributed by atoms with Crippen molar-refractivity contribution in [3.8, 4) is 17.2 Å². The molecular formula is C16H14ClN7O2. The zero-order valence-corrected chi connectivity index (χ0v) is 14.7. The van der Waals surface area contributed by atoms with E-state index in [1.807, 2.05) is 12.1 Å². The number of nitrogens with zero attached hydrogens (tertiary/aromatic N) is 5. The highest BCUT2D eigenvalue weighted by Gasteiger charge is 2.17. The Morgan fingerprint density at radius 3 is 2.50 bits per heavy atom. The Labute approximate surface area is 151 Å². The van der Waals surface area contributed by atoms with Gasteiger partial charge in [0, 0.05) is 30.7 Å². The van der Waals surface area contributed by atoms with Gasteiger partial charge >= 0.3 is 5.69 Å². The van der Waals surface area contributed by atoms with Gasteiger partial charge in [-0.05, 0) is 12.1 Å². The molecule has 4 aromatic rings. The second-order valence-electron chi connectivity index (χ2n) is 5.84. The molecule has 26 heavy (non-hydrogen) atoms. The van der Waals surface area contributed by atoms with Crippen LogP contribution in [-0.2, 0) is 14.1 Å². The van der Waals surface area contributed by atoms with E-state index in [-0.39, 0.29) is 17.1 Å². The molecule has 0 atom stereocenters. The third kappa shape index (κ3) is 2.32. The summed E-state index contributed by atoms with van der Waals surface area (Å²) in [6.07, 6.45) is 0. The number of anilines is 1. The lowest BCUT2D eigenvalue weighted by Crippen LogP contribution is -2.36. The van der Waals surface area contributed by atoms with Crippen molar-refractivity contribution < 1.29 is 0 Å². The quantitative estimate of drug-likeness (QED) is 0.546. The van der Waals surface area contributed by atoms with E-state index in [1.165, 1.54) is 16.3 Å². The van der Waals surface area contributed by atoms with Crippen molar-refractivity contribution >= 4 is 28.6 Å². The molecular weight excluding hydrogens is 358 g/mol. The minimum absolute atomic E-state index is 0.201. The van der Waals surface area contributed by atoms with Gasteiger partial charge in [0.25, 0.3) is 5.56 Å². The first-order chi connectivity index (χ1) is 12.4. The Kier molecular flexibility index (Phi) is 3.48. The van der Waals surface area contributed by atoms with Crippen molar-refractivity contribution in [2.24, 2.45) is 14.1 Å². The van der Waals surface area contributed by atoms with E-state index >= 15 is 0 Å². The number of halogens is 1. The Bertz CT molecular complexity index is 1260. The zero-order chi connectivity index (χ0) is 18.6. The van der Waals surface area contributed by atoms with Gasteiger partial charge in [-0.15, -0.1) is 0 Å². The molecule has 0 radical (unpaired) electrons. The summed E-state index contributed by atoms with van der Waals surface area (Å²) in [6, 6.07) is 8.85. The highest BCUT2D eigenvalue weighted by Crippen LogP contribution is 2.24. The molecule has 0 bridgehead atoms. The first kappa shape index (κ1) is 16.2. The minimum atomic E-state index is -0.467. The number of nitrogens with two attached hydrogens (primary N) is 1. The van der Waals surface area contributed by atoms with Crippen LogP contribution in [0.1, 0.15) is 0 Å². The van der Waals surface area contributed by atoms with Gasteiger partial charge < -0.3 is 10.7 Å². The van der Waals surface area contributed by atoms with Crippen LogP contribution in [0.3, 0.4) is 0 Å². The van der Waals surface area contributed by atoms with E-state index in [9.17, 15) is 9.59 Å². The van der Waals surface area contributed by atoms with E-state index in [1.54, 1.807) is 25.2 Å². The van der Waals surface area contributed by atoms with Crippen molar-refractivity contribution in [3.05, 3.63) is 56.2 Å². The monoisotopic (exact) mass is 371 g/mol. The number of nitrogen functional groups attached to an aromatic ring is 1. The Morgan fingerprint density at radius 2 is 1.81 bits per heavy atom. The summed E-state index contributed by atoms with van der Waals surface area (Å²) in [5.41, 5.74) is 7.02. The standard InChI is InChI=1S/C16H14ClN7O2/c1-22-13-12(14(25)23(2)16(22)26)19-15(20-13)24-11(18)7-10(21-24)8-3-5-9(17)6-4-8/h3-7H,18H2,1-2H3,(H,19,20). The van der Waals surface area contributed by atoms with E-state index in [2.05, 4.69) is 15.1 Å². The molecule has 0 aliphatic rings. The molecule has 9 nitrogen and oxygen atoms in total. The van der Waals surface area contributed by atoms with E-state index in [0.29, 0.717) is 16.5 Å². The van der Waals surface area contributed by atoms with Crippen LogP contribution in [-0.4, -0.2) is 28.9 Å². The molecule has 0 saturated carbocycles. The molecule has 4 rings (SSSR count). The van der Waals surface area contributed by atoms with Gasteiger partial charge in [-0.1, -0.05) is 23.7 Å². The van der Waals surface area contributed by atoms with Crippen LogP contribution in [0, 0.1) is 0 Å². The second-order valence-corrected chi connectivity index (χ2v) is 6.27. The number of fused-ring (bicyclic) bond motifs is 1. The van der Waals surface area contributed by atoms with Crippen LogP contribution in [0.25, 0.3) is 28.4 Å². The number of H-pyrrole nitrogens is 1. The van der Waals surface area contributed by atoms with E-state index in [4.69, 9.17) is 17.3 Å². The van der Waals surface area contributed by atoms with Crippen molar-refractivity contribution in [1.29, 1.82) is 0 Å². The van der Waals surface area contributed by atoms with Crippen LogP contribution in [0.4, 0.5) is 5.82 Å². The van der Waals surface area contributed by atoms with Crippen molar-refractivity contribution in [2.75, 3.05) is 5.73 Å². The molecule has 1 aromatic carbocycles. The third-order valence-electron chi connectivity index (χ3n) is 4.16. The number of rotatable bonds is 2. The molecule has 0 aliphatic carbocycles. The molecule has 3 N–H and O–H groups in total. The largest absolute Gasteiger partial charge is 0.383 e. The van der Waals surface area contributed by atoms with Gasteiger partial charge in [0.05, 0.1) is 5.69 Å². The average molecular weight is 372 g/mol. The normalized spacial score (nSPS) is 11.3. The molecule has 0 amide bonds. The maximum absolute atomic E-state index is 12.3. The predicted molar refractivity (Wildman–Crippen MR) is 98.6 cm³/mol. The molecule has 0 unspecified atom stereocenters. The fourth-order valence-corrected chi connectivity index (χ4v) is 2.87. The van der Waals surface area contributed by atoms with Crippen LogP contribution in [0.2, 0.25) is 5.02 Å². The summed E-state index contributed by atoms with van der Waals surface area (Å²) in [5.74, 6) is 0.576. The lowest BCUT2D eigenvalue weighted by Gasteiger charge is -2.00. The topological polar surface area (TPSA) is 117 Å². The fourth-order valence-electron chi connectivity index (χ4n) is 2.74. The number of aryl methyl sites for hydroxylation is 1. The third-order valence-corrected chi connectivity index (χ3v) is 4.41. The summed E-state index contributed by atoms with van der Waals surface area (Å²) in [4.78, 5) is 31.6. The number of imidazole rings is 1. The Balaban J connectivity index is 1.90. The highest BCUT2D eigenvalue weighted by atomic mass is 35.5. The summed E-state index contributed by atoms with van der Waals surface area (Å²) in [7, 11) is 2.95. The number of nitrogens with one attached hydrogen (secondary N) is 1. The number of benzene rings is 1. The van der Waals surface area contributed by atoms with E-state index < -0.39 is 11.2 Å². The summed E-state index contributed by atoms with van der Waals surface area (Å²) in [5, 5.41) is 5.06. The van der Waals surface area contributed by atoms with Crippen molar-refractivity contribution in [3.63, 3.8) is 0 Å². The Hall–Kier alpha value is -3.33. The average Bonchev–Trinajstić information content (AvgIpc) is 3.23. The van der Waals surface area contributed by atoms with E-state index in [0.717, 1.165) is 10.1 Å². The number of aromatic amines is 1. The van der Waals surface area contributed by atoms with Gasteiger partial charge in [0.15, 0.2) is 11.2 Å². The van der Waals surface area contributed by atoms with Gasteiger partial charge in [-0.25, -0.2) is 4.79 Å². The van der Waals surface area contributed by atoms with Crippen molar-refractivity contribution in [1.82, 2.24) is 28.9 Å². The fraction of sp³-hybridized carbons (Fsp3) is 0.125. The lowest BCUT2D eigenvalue weighted by atomic mass is 10.1. The molecule has 3 heterocycles. The van der Waals surface area contributed by atoms with Crippen LogP contribution < -0.4 is 17.0 Å². The van der Waals surface area contributed by atoms with Gasteiger partial charge in [0.1, 0.15) is 5.82 Å². The predicted octanol–water partition coefficient (Wildman–Crippen LogP) is 1.05. The molecule has 0 aliphatic heterocycles. The summed E-state index contributed by atoms with van der Waals surface area (Å²) in [6.45, 7) is 0. The summed E-state index contributed by atoms with van der Waals surface area (Å²) < 4.78 is 3.68. The SMILES string of the molecule is Cn1c(=O)c2[nH]c(-n3nc(-c4ccc(Cl)cc4)cc3N)nc2n(C)c1=O. The number of aromatic nitrogens is 6. The maximum atomic E-state index is 12.3. The van der Waals surface area contributed by atoms with Gasteiger partial charge in [-0.3, -0.25) is 13.9 Å². The molecule has 3 aromatic heterocycles. The molecule has 0 spiro atoms. The first-order valence-electron chi connectivity index (χ1n) is 7.64. The van der Waals surface area contributed by atoms with Gasteiger partial charge in [-0.2, -0.15) is 14.8 Å². The number of hydrogen-bond donors (Lipinski definition) is 2. The van der Waals surface area contributed by atoms with Crippen LogP contribution in [0.15, 0.2) is 39.9 Å². The van der Waals surface area contributed by atoms with Crippen LogP contribution >= 0.6 is 11.6 Å². The summed E-state index contributed by atoms with van der Waals surface area (Å²) >= 11 is 5.91. The minimum Gasteiger partial charge on any atom is -0.383 e.